The Balaban J connectivity index is 1.63. The number of aryl methyl sites for hydroxylation is 1. The Morgan fingerprint density at radius 3 is 2.23 bits per heavy atom. The van der Waals surface area contributed by atoms with Crippen molar-refractivity contribution in [2.24, 2.45) is 5.10 Å². The van der Waals surface area contributed by atoms with Gasteiger partial charge in [0, 0.05) is 36.4 Å². The molecule has 0 aromatic heterocycles. The first kappa shape index (κ1) is 24.6. The molecule has 1 aliphatic rings. The van der Waals surface area contributed by atoms with E-state index in [4.69, 9.17) is 10.8 Å². The summed E-state index contributed by atoms with van der Waals surface area (Å²) < 4.78 is 0. The number of benzene rings is 3. The van der Waals surface area contributed by atoms with Gasteiger partial charge in [0.1, 0.15) is 0 Å². The Labute approximate surface area is 210 Å². The summed E-state index contributed by atoms with van der Waals surface area (Å²) in [6, 6.07) is 23.7. The molecule has 0 amide bonds. The molecule has 4 heteroatoms. The van der Waals surface area contributed by atoms with Gasteiger partial charge < -0.3 is 10.6 Å². The zero-order valence-electron chi connectivity index (χ0n) is 21.5. The molecule has 4 nitrogen and oxygen atoms in total. The van der Waals surface area contributed by atoms with Crippen LogP contribution in [0.2, 0.25) is 0 Å². The summed E-state index contributed by atoms with van der Waals surface area (Å²) in [6.07, 6.45) is 7.08. The summed E-state index contributed by atoms with van der Waals surface area (Å²) in [7, 11) is 0. The van der Waals surface area contributed by atoms with E-state index in [0.717, 1.165) is 49.4 Å². The fourth-order valence-electron chi connectivity index (χ4n) is 5.04. The van der Waals surface area contributed by atoms with Crippen molar-refractivity contribution in [1.82, 2.24) is 0 Å². The fraction of sp³-hybridized carbons (Fsp3) is 0.323. The predicted octanol–water partition coefficient (Wildman–Crippen LogP) is 7.26. The maximum Gasteiger partial charge on any atom is 0.0851 e. The van der Waals surface area contributed by atoms with Gasteiger partial charge >= 0.3 is 0 Å². The highest BCUT2D eigenvalue weighted by Gasteiger charge is 2.30. The second-order valence-corrected chi connectivity index (χ2v) is 9.00. The van der Waals surface area contributed by atoms with E-state index >= 15 is 0 Å². The summed E-state index contributed by atoms with van der Waals surface area (Å²) >= 11 is 0. The lowest BCUT2D eigenvalue weighted by molar-refractivity contribution is 0.709. The van der Waals surface area contributed by atoms with Gasteiger partial charge in [-0.05, 0) is 73.7 Å². The topological polar surface area (TPSA) is 44.9 Å². The van der Waals surface area contributed by atoms with E-state index in [1.54, 1.807) is 0 Å². The van der Waals surface area contributed by atoms with Crippen molar-refractivity contribution >= 4 is 28.8 Å². The minimum Gasteiger partial charge on any atom is -0.398 e. The molecule has 0 spiro atoms. The smallest absolute Gasteiger partial charge is 0.0851 e. The average Bonchev–Trinajstić information content (AvgIpc) is 3.33. The summed E-state index contributed by atoms with van der Waals surface area (Å²) in [6.45, 7) is 10.8. The van der Waals surface area contributed by atoms with Crippen molar-refractivity contribution in [1.29, 1.82) is 0 Å². The van der Waals surface area contributed by atoms with Crippen LogP contribution < -0.4 is 15.6 Å². The number of nitrogens with zero attached hydrogens (tertiary/aromatic N) is 3. The summed E-state index contributed by atoms with van der Waals surface area (Å²) in [5.41, 5.74) is 16.0. The van der Waals surface area contributed by atoms with Crippen LogP contribution in [-0.2, 0) is 12.8 Å². The second-order valence-electron chi connectivity index (χ2n) is 9.00. The molecule has 0 bridgehead atoms. The number of nitrogen functional groups attached to an aromatic ring is 1. The van der Waals surface area contributed by atoms with Crippen molar-refractivity contribution in [3.8, 4) is 0 Å². The number of anilines is 3. The molecular weight excluding hydrogens is 428 g/mol. The normalized spacial score (nSPS) is 15.6. The highest BCUT2D eigenvalue weighted by Crippen LogP contribution is 2.39. The maximum atomic E-state index is 6.76. The van der Waals surface area contributed by atoms with Gasteiger partial charge in [0.25, 0.3) is 0 Å². The predicted molar refractivity (Wildman–Crippen MR) is 152 cm³/mol. The second kappa shape index (κ2) is 11.3. The number of allylic oxidation sites excluding steroid dienone is 1. The van der Waals surface area contributed by atoms with E-state index in [1.807, 2.05) is 6.07 Å². The third kappa shape index (κ3) is 5.27. The molecule has 182 valence electrons. The molecule has 4 rings (SSSR count). The zero-order chi connectivity index (χ0) is 24.8. The molecule has 0 radical (unpaired) electrons. The molecule has 35 heavy (non-hydrogen) atoms. The lowest BCUT2D eigenvalue weighted by atomic mass is 9.92. The van der Waals surface area contributed by atoms with E-state index in [1.165, 1.54) is 27.9 Å². The fourth-order valence-corrected chi connectivity index (χ4v) is 5.04. The van der Waals surface area contributed by atoms with Crippen LogP contribution in [-0.4, -0.2) is 18.8 Å². The molecule has 0 saturated carbocycles. The Morgan fingerprint density at radius 1 is 0.886 bits per heavy atom. The maximum absolute atomic E-state index is 6.76. The number of hydrazone groups is 1. The minimum absolute atomic E-state index is 0.0818. The standard InChI is InChI=1S/C31H38N4/c1-5-24-17-21-29(31(32)28(24)6-2)30-22-25(33-35(30)27-12-10-9-11-13-27)18-14-23-15-19-26(20-16-23)34(7-3)8-4/h9-21,30H,5-8,22,32H2,1-4H3. The molecule has 0 saturated heterocycles. The van der Waals surface area contributed by atoms with E-state index in [0.29, 0.717) is 0 Å². The average molecular weight is 467 g/mol. The molecule has 1 heterocycles. The lowest BCUT2D eigenvalue weighted by Crippen LogP contribution is -2.21. The SMILES string of the molecule is CCc1ccc(C2CC(C=Cc3ccc(N(CC)CC)cc3)=NN2c2ccccc2)c(N)c1CC. The van der Waals surface area contributed by atoms with Crippen molar-refractivity contribution in [3.05, 3.63) is 95.1 Å². The number of nitrogens with two attached hydrogens (primary N) is 1. The first-order valence-corrected chi connectivity index (χ1v) is 12.9. The van der Waals surface area contributed by atoms with E-state index < -0.39 is 0 Å². The quantitative estimate of drug-likeness (QED) is 0.338. The van der Waals surface area contributed by atoms with Gasteiger partial charge in [-0.3, -0.25) is 5.01 Å². The van der Waals surface area contributed by atoms with Crippen molar-refractivity contribution in [2.75, 3.05) is 28.7 Å². The first-order valence-electron chi connectivity index (χ1n) is 12.9. The molecule has 3 aromatic rings. The molecule has 3 aromatic carbocycles. The van der Waals surface area contributed by atoms with Gasteiger partial charge in [-0.25, -0.2) is 0 Å². The van der Waals surface area contributed by atoms with Crippen LogP contribution in [0.3, 0.4) is 0 Å². The number of hydrogen-bond donors (Lipinski definition) is 1. The van der Waals surface area contributed by atoms with E-state index in [2.05, 4.69) is 110 Å². The minimum atomic E-state index is 0.0818. The summed E-state index contributed by atoms with van der Waals surface area (Å²) in [5.74, 6) is 0. The van der Waals surface area contributed by atoms with Gasteiger partial charge in [-0.1, -0.05) is 62.4 Å². The molecule has 1 aliphatic heterocycles. The number of hydrogen-bond acceptors (Lipinski definition) is 4. The zero-order valence-corrected chi connectivity index (χ0v) is 21.5. The van der Waals surface area contributed by atoms with E-state index in [-0.39, 0.29) is 6.04 Å². The molecule has 1 atom stereocenters. The highest BCUT2D eigenvalue weighted by molar-refractivity contribution is 6.01. The Morgan fingerprint density at radius 2 is 1.60 bits per heavy atom. The van der Waals surface area contributed by atoms with Crippen LogP contribution in [0.5, 0.6) is 0 Å². The van der Waals surface area contributed by atoms with Crippen molar-refractivity contribution in [2.45, 2.75) is 53.0 Å². The largest absolute Gasteiger partial charge is 0.398 e. The van der Waals surface area contributed by atoms with Gasteiger partial charge in [-0.15, -0.1) is 0 Å². The van der Waals surface area contributed by atoms with Gasteiger partial charge in [0.2, 0.25) is 0 Å². The first-order chi connectivity index (χ1) is 17.1. The molecular formula is C31H38N4. The number of rotatable bonds is 9. The lowest BCUT2D eigenvalue weighted by Gasteiger charge is -2.26. The summed E-state index contributed by atoms with van der Waals surface area (Å²) in [4.78, 5) is 2.36. The molecule has 0 aliphatic carbocycles. The monoisotopic (exact) mass is 466 g/mol. The third-order valence-electron chi connectivity index (χ3n) is 7.03. The van der Waals surface area contributed by atoms with Crippen LogP contribution >= 0.6 is 0 Å². The van der Waals surface area contributed by atoms with Gasteiger partial charge in [0.15, 0.2) is 0 Å². The Bertz CT molecular complexity index is 1170. The van der Waals surface area contributed by atoms with Gasteiger partial charge in [0.05, 0.1) is 17.4 Å². The van der Waals surface area contributed by atoms with Crippen LogP contribution in [0.25, 0.3) is 6.08 Å². The van der Waals surface area contributed by atoms with Crippen molar-refractivity contribution in [3.63, 3.8) is 0 Å². The molecule has 0 fully saturated rings. The Hall–Kier alpha value is -3.53. The number of para-hydroxylation sites is 1. The molecule has 2 N–H and O–H groups in total. The van der Waals surface area contributed by atoms with Gasteiger partial charge in [-0.2, -0.15) is 5.10 Å². The summed E-state index contributed by atoms with van der Waals surface area (Å²) in [5, 5.41) is 7.18. The van der Waals surface area contributed by atoms with Crippen LogP contribution in [0.15, 0.2) is 77.9 Å². The van der Waals surface area contributed by atoms with Crippen LogP contribution in [0.1, 0.15) is 62.4 Å². The van der Waals surface area contributed by atoms with Crippen LogP contribution in [0.4, 0.5) is 17.1 Å². The van der Waals surface area contributed by atoms with E-state index in [9.17, 15) is 0 Å². The highest BCUT2D eigenvalue weighted by atomic mass is 15.5. The third-order valence-corrected chi connectivity index (χ3v) is 7.03. The van der Waals surface area contributed by atoms with Crippen LogP contribution in [0, 0.1) is 0 Å². The Kier molecular flexibility index (Phi) is 7.91. The van der Waals surface area contributed by atoms with Crippen molar-refractivity contribution < 1.29 is 0 Å². The molecule has 1 unspecified atom stereocenters.